The van der Waals surface area contributed by atoms with Gasteiger partial charge in [0.1, 0.15) is 16.1 Å². The molecule has 0 atom stereocenters. The van der Waals surface area contributed by atoms with Crippen LogP contribution in [0.15, 0.2) is 58.8 Å². The van der Waals surface area contributed by atoms with Crippen LogP contribution in [0.1, 0.15) is 67.0 Å². The molecule has 4 rings (SSSR count). The molecule has 0 spiro atoms. The zero-order chi connectivity index (χ0) is 27.9. The summed E-state index contributed by atoms with van der Waals surface area (Å²) in [6.07, 6.45) is 6.25. The van der Waals surface area contributed by atoms with E-state index in [-0.39, 0.29) is 5.97 Å². The van der Waals surface area contributed by atoms with Crippen molar-refractivity contribution in [3.8, 4) is 11.1 Å². The number of nitrogens with zero attached hydrogens (tertiary/aromatic N) is 3. The third kappa shape index (κ3) is 6.30. The summed E-state index contributed by atoms with van der Waals surface area (Å²) in [5, 5.41) is 2.42. The van der Waals surface area contributed by atoms with Gasteiger partial charge >= 0.3 is 12.0 Å². The van der Waals surface area contributed by atoms with Gasteiger partial charge in [0.2, 0.25) is 0 Å². The third-order valence-electron chi connectivity index (χ3n) is 6.73. The molecule has 0 radical (unpaired) electrons. The standard InChI is InChI=1S/C30H33BrN4O4/c1-4-6-12-26-32-27(31)24(18-25-28(36)33-30(38)34(25)17-7-5-2)35(26)19-20-13-15-21(16-14-20)22-10-8-9-11-23(22)29(37)39-3/h8-11,13-16,18H,4-7,12,17,19H2,1-3H3,(H,33,36,38)/b25-18-. The molecule has 0 unspecified atom stereocenters. The van der Waals surface area contributed by atoms with Crippen LogP contribution in [0, 0.1) is 0 Å². The van der Waals surface area contributed by atoms with Gasteiger partial charge in [-0.25, -0.2) is 14.6 Å². The Morgan fingerprint density at radius 1 is 1.05 bits per heavy atom. The van der Waals surface area contributed by atoms with Gasteiger partial charge in [-0.3, -0.25) is 15.0 Å². The van der Waals surface area contributed by atoms with Crippen LogP contribution in [0.4, 0.5) is 4.79 Å². The van der Waals surface area contributed by atoms with Crippen molar-refractivity contribution in [1.29, 1.82) is 0 Å². The van der Waals surface area contributed by atoms with Crippen LogP contribution >= 0.6 is 15.9 Å². The summed E-state index contributed by atoms with van der Waals surface area (Å²) < 4.78 is 7.68. The average Bonchev–Trinajstić information content (AvgIpc) is 3.39. The van der Waals surface area contributed by atoms with Gasteiger partial charge in [-0.1, -0.05) is 69.2 Å². The predicted octanol–water partition coefficient (Wildman–Crippen LogP) is 6.18. The number of hydrogen-bond acceptors (Lipinski definition) is 5. The Labute approximate surface area is 237 Å². The highest BCUT2D eigenvalue weighted by Crippen LogP contribution is 2.28. The van der Waals surface area contributed by atoms with E-state index in [2.05, 4.69) is 32.7 Å². The number of halogens is 1. The van der Waals surface area contributed by atoms with Crippen molar-refractivity contribution in [1.82, 2.24) is 19.8 Å². The molecule has 3 aromatic rings. The van der Waals surface area contributed by atoms with Gasteiger partial charge in [0.25, 0.3) is 5.91 Å². The topological polar surface area (TPSA) is 93.5 Å². The van der Waals surface area contributed by atoms with E-state index >= 15 is 0 Å². The number of urea groups is 1. The molecular formula is C30H33BrN4O4. The van der Waals surface area contributed by atoms with E-state index in [4.69, 9.17) is 9.72 Å². The van der Waals surface area contributed by atoms with Crippen LogP contribution in [0.5, 0.6) is 0 Å². The molecule has 0 saturated carbocycles. The van der Waals surface area contributed by atoms with Crippen molar-refractivity contribution < 1.29 is 19.1 Å². The lowest BCUT2D eigenvalue weighted by molar-refractivity contribution is -0.116. The first-order chi connectivity index (χ1) is 18.9. The Balaban J connectivity index is 1.69. The van der Waals surface area contributed by atoms with Crippen LogP contribution in [0.2, 0.25) is 0 Å². The molecular weight excluding hydrogens is 560 g/mol. The number of amides is 3. The van der Waals surface area contributed by atoms with E-state index in [1.807, 2.05) is 49.4 Å². The first-order valence-electron chi connectivity index (χ1n) is 13.2. The number of hydrogen-bond donors (Lipinski definition) is 1. The lowest BCUT2D eigenvalue weighted by Gasteiger charge is -2.16. The number of nitrogens with one attached hydrogen (secondary N) is 1. The number of benzene rings is 2. The Morgan fingerprint density at radius 2 is 1.77 bits per heavy atom. The number of ether oxygens (including phenoxy) is 1. The molecule has 204 valence electrons. The van der Waals surface area contributed by atoms with Crippen LogP contribution in [0.25, 0.3) is 17.2 Å². The minimum absolute atomic E-state index is 0.326. The lowest BCUT2D eigenvalue weighted by Crippen LogP contribution is -2.28. The van der Waals surface area contributed by atoms with Gasteiger partial charge in [-0.2, -0.15) is 0 Å². The second-order valence-corrected chi connectivity index (χ2v) is 10.2. The normalized spacial score (nSPS) is 14.3. The SMILES string of the molecule is CCCCc1nc(Br)c(/C=C2/C(=O)NC(=O)N2CCCC)n1Cc1ccc(-c2ccccc2C(=O)OC)cc1. The first kappa shape index (κ1) is 28.3. The summed E-state index contributed by atoms with van der Waals surface area (Å²) in [5.74, 6) is 0.124. The summed E-state index contributed by atoms with van der Waals surface area (Å²) in [4.78, 5) is 43.6. The Bertz CT molecular complexity index is 1390. The number of esters is 1. The molecule has 1 fully saturated rings. The van der Waals surface area contributed by atoms with Gasteiger partial charge in [-0.15, -0.1) is 0 Å². The largest absolute Gasteiger partial charge is 0.465 e. The zero-order valence-electron chi connectivity index (χ0n) is 22.5. The molecule has 1 saturated heterocycles. The van der Waals surface area contributed by atoms with Gasteiger partial charge < -0.3 is 9.30 Å². The molecule has 9 heteroatoms. The van der Waals surface area contributed by atoms with Gasteiger partial charge in [0.05, 0.1) is 18.4 Å². The van der Waals surface area contributed by atoms with Gasteiger partial charge in [-0.05, 0) is 57.6 Å². The van der Waals surface area contributed by atoms with Crippen molar-refractivity contribution in [2.45, 2.75) is 52.5 Å². The second-order valence-electron chi connectivity index (χ2n) is 9.42. The van der Waals surface area contributed by atoms with Crippen LogP contribution in [-0.2, 0) is 22.5 Å². The molecule has 1 N–H and O–H groups in total. The molecule has 39 heavy (non-hydrogen) atoms. The zero-order valence-corrected chi connectivity index (χ0v) is 24.1. The summed E-state index contributed by atoms with van der Waals surface area (Å²) in [5.41, 5.74) is 4.33. The van der Waals surface area contributed by atoms with Crippen LogP contribution in [0.3, 0.4) is 0 Å². The van der Waals surface area contributed by atoms with E-state index in [0.717, 1.165) is 60.3 Å². The van der Waals surface area contributed by atoms with Gasteiger partial charge in [0.15, 0.2) is 0 Å². The molecule has 1 aromatic heterocycles. The van der Waals surface area contributed by atoms with Crippen molar-refractivity contribution >= 4 is 39.9 Å². The number of aryl methyl sites for hydroxylation is 1. The Kier molecular flexibility index (Phi) is 9.35. The maximum absolute atomic E-state index is 12.7. The molecule has 2 heterocycles. The predicted molar refractivity (Wildman–Crippen MR) is 154 cm³/mol. The fourth-order valence-corrected chi connectivity index (χ4v) is 5.12. The quantitative estimate of drug-likeness (QED) is 0.163. The first-order valence-corrected chi connectivity index (χ1v) is 14.0. The van der Waals surface area contributed by atoms with Crippen molar-refractivity contribution in [3.63, 3.8) is 0 Å². The summed E-state index contributed by atoms with van der Waals surface area (Å²) in [7, 11) is 1.38. The fourth-order valence-electron chi connectivity index (χ4n) is 4.59. The number of unbranched alkanes of at least 4 members (excludes halogenated alkanes) is 2. The molecule has 3 amide bonds. The minimum atomic E-state index is -0.403. The number of imide groups is 1. The van der Waals surface area contributed by atoms with E-state index < -0.39 is 11.9 Å². The number of aromatic nitrogens is 2. The lowest BCUT2D eigenvalue weighted by atomic mass is 9.98. The monoisotopic (exact) mass is 592 g/mol. The molecule has 0 aliphatic carbocycles. The average molecular weight is 594 g/mol. The van der Waals surface area contributed by atoms with Crippen molar-refractivity contribution in [2.75, 3.05) is 13.7 Å². The maximum atomic E-state index is 12.7. The highest BCUT2D eigenvalue weighted by Gasteiger charge is 2.33. The Hall–Kier alpha value is -3.72. The number of rotatable bonds is 11. The third-order valence-corrected chi connectivity index (χ3v) is 7.31. The molecule has 1 aliphatic rings. The number of carbonyl (C=O) groups is 3. The number of carbonyl (C=O) groups excluding carboxylic acids is 3. The summed E-state index contributed by atoms with van der Waals surface area (Å²) >= 11 is 3.60. The number of methoxy groups -OCH3 is 1. The number of imidazole rings is 1. The van der Waals surface area contributed by atoms with E-state index in [0.29, 0.717) is 29.0 Å². The highest BCUT2D eigenvalue weighted by atomic mass is 79.9. The summed E-state index contributed by atoms with van der Waals surface area (Å²) in [6, 6.07) is 15.0. The smallest absolute Gasteiger partial charge is 0.338 e. The molecule has 1 aliphatic heterocycles. The van der Waals surface area contributed by atoms with Crippen molar-refractivity contribution in [3.05, 3.63) is 81.5 Å². The van der Waals surface area contributed by atoms with E-state index in [1.165, 1.54) is 12.0 Å². The fraction of sp³-hybridized carbons (Fsp3) is 0.333. The molecule has 2 aromatic carbocycles. The maximum Gasteiger partial charge on any atom is 0.338 e. The summed E-state index contributed by atoms with van der Waals surface area (Å²) in [6.45, 7) is 5.18. The minimum Gasteiger partial charge on any atom is -0.465 e. The van der Waals surface area contributed by atoms with Crippen LogP contribution < -0.4 is 5.32 Å². The highest BCUT2D eigenvalue weighted by molar-refractivity contribution is 9.10. The Morgan fingerprint density at radius 3 is 2.46 bits per heavy atom. The molecule has 8 nitrogen and oxygen atoms in total. The van der Waals surface area contributed by atoms with E-state index in [1.54, 1.807) is 12.1 Å². The second kappa shape index (κ2) is 12.9. The van der Waals surface area contributed by atoms with Gasteiger partial charge in [0, 0.05) is 19.5 Å². The van der Waals surface area contributed by atoms with E-state index in [9.17, 15) is 14.4 Å². The van der Waals surface area contributed by atoms with Crippen molar-refractivity contribution in [2.24, 2.45) is 0 Å². The molecule has 0 bridgehead atoms. The van der Waals surface area contributed by atoms with Crippen LogP contribution in [-0.4, -0.2) is 46.0 Å².